The number of hydrogen-bond acceptors (Lipinski definition) is 5. The highest BCUT2D eigenvalue weighted by atomic mass is 32.1. The van der Waals surface area contributed by atoms with Crippen molar-refractivity contribution in [2.24, 2.45) is 0 Å². The molecule has 7 nitrogen and oxygen atoms in total. The summed E-state index contributed by atoms with van der Waals surface area (Å²) < 4.78 is 1.45. The lowest BCUT2D eigenvalue weighted by atomic mass is 10.2. The van der Waals surface area contributed by atoms with Gasteiger partial charge in [0.2, 0.25) is 0 Å². The summed E-state index contributed by atoms with van der Waals surface area (Å²) in [6, 6.07) is 5.90. The van der Waals surface area contributed by atoms with Gasteiger partial charge in [-0.2, -0.15) is 5.10 Å². The summed E-state index contributed by atoms with van der Waals surface area (Å²) in [5, 5.41) is 16.9. The van der Waals surface area contributed by atoms with Crippen LogP contribution in [0.5, 0.6) is 0 Å². The highest BCUT2D eigenvalue weighted by molar-refractivity contribution is 7.11. The topological polar surface area (TPSA) is 87.5 Å². The highest BCUT2D eigenvalue weighted by Gasteiger charge is 2.31. The first-order chi connectivity index (χ1) is 13.0. The van der Waals surface area contributed by atoms with E-state index in [4.69, 9.17) is 0 Å². The number of thiophene rings is 1. The second kappa shape index (κ2) is 7.44. The Morgan fingerprint density at radius 3 is 2.89 bits per heavy atom. The van der Waals surface area contributed by atoms with E-state index < -0.39 is 6.10 Å². The molecule has 0 saturated heterocycles. The average molecular weight is 388 g/mol. The van der Waals surface area contributed by atoms with Crippen LogP contribution in [0.25, 0.3) is 0 Å². The molecule has 2 aliphatic rings. The van der Waals surface area contributed by atoms with Crippen LogP contribution in [0.1, 0.15) is 56.4 Å². The van der Waals surface area contributed by atoms with E-state index in [9.17, 15) is 14.7 Å². The first-order valence-electron chi connectivity index (χ1n) is 9.41. The first-order valence-corrected chi connectivity index (χ1v) is 10.2. The van der Waals surface area contributed by atoms with Gasteiger partial charge in [-0.05, 0) is 31.9 Å². The van der Waals surface area contributed by atoms with Crippen molar-refractivity contribution in [2.75, 3.05) is 6.54 Å². The van der Waals surface area contributed by atoms with Gasteiger partial charge in [0.15, 0.2) is 5.69 Å². The van der Waals surface area contributed by atoms with Crippen molar-refractivity contribution in [1.82, 2.24) is 20.0 Å². The van der Waals surface area contributed by atoms with E-state index in [1.165, 1.54) is 9.56 Å². The van der Waals surface area contributed by atoms with Gasteiger partial charge in [0.1, 0.15) is 5.69 Å². The number of aliphatic hydroxyl groups excluding tert-OH is 1. The largest absolute Gasteiger partial charge is 0.389 e. The van der Waals surface area contributed by atoms with Crippen LogP contribution >= 0.6 is 11.3 Å². The van der Waals surface area contributed by atoms with Crippen molar-refractivity contribution in [2.45, 2.75) is 57.8 Å². The average Bonchev–Trinajstić information content (AvgIpc) is 3.37. The molecule has 1 aliphatic heterocycles. The summed E-state index contributed by atoms with van der Waals surface area (Å²) in [6.07, 6.45) is 3.56. The van der Waals surface area contributed by atoms with E-state index in [0.29, 0.717) is 12.2 Å². The summed E-state index contributed by atoms with van der Waals surface area (Å²) >= 11 is 1.70. The zero-order valence-corrected chi connectivity index (χ0v) is 16.2. The van der Waals surface area contributed by atoms with Crippen LogP contribution in [0.3, 0.4) is 0 Å². The number of hydrogen-bond donors (Lipinski definition) is 2. The molecule has 4 rings (SSSR count). The van der Waals surface area contributed by atoms with E-state index in [0.717, 1.165) is 30.6 Å². The molecule has 144 valence electrons. The van der Waals surface area contributed by atoms with E-state index in [2.05, 4.69) is 29.5 Å². The van der Waals surface area contributed by atoms with Gasteiger partial charge in [0.05, 0.1) is 19.2 Å². The van der Waals surface area contributed by atoms with Crippen LogP contribution in [0, 0.1) is 6.92 Å². The Morgan fingerprint density at radius 2 is 2.19 bits per heavy atom. The SMILES string of the molecule is Cc1ccc(CN(C(=O)c2cc3n(n2)C[C@@H](O)CNC3=O)C2CCCC2)s1. The van der Waals surface area contributed by atoms with Gasteiger partial charge >= 0.3 is 0 Å². The molecular weight excluding hydrogens is 364 g/mol. The van der Waals surface area contributed by atoms with Crippen LogP contribution in [0.2, 0.25) is 0 Å². The Morgan fingerprint density at radius 1 is 1.41 bits per heavy atom. The quantitative estimate of drug-likeness (QED) is 0.838. The van der Waals surface area contributed by atoms with E-state index in [-0.39, 0.29) is 36.6 Å². The molecule has 0 unspecified atom stereocenters. The molecule has 0 spiro atoms. The van der Waals surface area contributed by atoms with Crippen molar-refractivity contribution in [3.05, 3.63) is 39.3 Å². The third-order valence-electron chi connectivity index (χ3n) is 5.26. The normalized spacial score (nSPS) is 20.2. The number of nitrogens with zero attached hydrogens (tertiary/aromatic N) is 3. The van der Waals surface area contributed by atoms with Crippen LogP contribution in [0.4, 0.5) is 0 Å². The molecule has 0 radical (unpaired) electrons. The molecule has 1 fully saturated rings. The van der Waals surface area contributed by atoms with Gasteiger partial charge in [-0.15, -0.1) is 11.3 Å². The first kappa shape index (κ1) is 18.2. The molecule has 0 aromatic carbocycles. The van der Waals surface area contributed by atoms with Crippen molar-refractivity contribution >= 4 is 23.2 Å². The lowest BCUT2D eigenvalue weighted by Crippen LogP contribution is -2.38. The number of carbonyl (C=O) groups excluding carboxylic acids is 2. The molecule has 1 saturated carbocycles. The number of carbonyl (C=O) groups is 2. The zero-order chi connectivity index (χ0) is 19.0. The molecule has 8 heteroatoms. The fourth-order valence-corrected chi connectivity index (χ4v) is 4.77. The lowest BCUT2D eigenvalue weighted by Gasteiger charge is -2.28. The van der Waals surface area contributed by atoms with E-state index >= 15 is 0 Å². The third-order valence-corrected chi connectivity index (χ3v) is 6.25. The lowest BCUT2D eigenvalue weighted by molar-refractivity contribution is 0.0658. The van der Waals surface area contributed by atoms with Crippen LogP contribution in [-0.4, -0.2) is 50.3 Å². The van der Waals surface area contributed by atoms with E-state index in [1.807, 2.05) is 4.90 Å². The predicted octanol–water partition coefficient (Wildman–Crippen LogP) is 1.94. The number of aliphatic hydroxyl groups is 1. The Balaban J connectivity index is 1.62. The summed E-state index contributed by atoms with van der Waals surface area (Å²) in [5.74, 6) is -0.449. The second-order valence-electron chi connectivity index (χ2n) is 7.34. The molecule has 27 heavy (non-hydrogen) atoms. The van der Waals surface area contributed by atoms with Gasteiger partial charge in [0.25, 0.3) is 11.8 Å². The second-order valence-corrected chi connectivity index (χ2v) is 8.72. The van der Waals surface area contributed by atoms with Crippen molar-refractivity contribution in [3.63, 3.8) is 0 Å². The van der Waals surface area contributed by atoms with Crippen molar-refractivity contribution in [1.29, 1.82) is 0 Å². The monoisotopic (exact) mass is 388 g/mol. The Labute approximate surface area is 162 Å². The molecule has 2 N–H and O–H groups in total. The molecule has 1 aliphatic carbocycles. The molecule has 2 amide bonds. The number of nitrogens with one attached hydrogen (secondary N) is 1. The molecule has 3 heterocycles. The smallest absolute Gasteiger partial charge is 0.274 e. The summed E-state index contributed by atoms with van der Waals surface area (Å²) in [7, 11) is 0. The standard InChI is InChI=1S/C19H24N4O3S/c1-12-6-7-15(27-12)11-22(13-4-2-3-5-13)19(26)16-8-17-18(25)20-9-14(24)10-23(17)21-16/h6-8,13-14,24H,2-5,9-11H2,1H3,(H,20,25)/t14-/m0/s1. The minimum absolute atomic E-state index is 0.143. The Hall–Kier alpha value is -2.19. The van der Waals surface area contributed by atoms with Crippen LogP contribution in [-0.2, 0) is 13.1 Å². The zero-order valence-electron chi connectivity index (χ0n) is 15.4. The minimum Gasteiger partial charge on any atom is -0.389 e. The van der Waals surface area contributed by atoms with Crippen molar-refractivity contribution in [3.8, 4) is 0 Å². The van der Waals surface area contributed by atoms with Crippen LogP contribution in [0.15, 0.2) is 18.2 Å². The fraction of sp³-hybridized carbons (Fsp3) is 0.526. The van der Waals surface area contributed by atoms with E-state index in [1.54, 1.807) is 17.4 Å². The summed E-state index contributed by atoms with van der Waals surface area (Å²) in [6.45, 7) is 3.03. The maximum atomic E-state index is 13.3. The predicted molar refractivity (Wildman–Crippen MR) is 102 cm³/mol. The molecule has 2 aromatic heterocycles. The Kier molecular flexibility index (Phi) is 5.01. The number of rotatable bonds is 4. The fourth-order valence-electron chi connectivity index (χ4n) is 3.88. The van der Waals surface area contributed by atoms with Gasteiger partial charge in [-0.25, -0.2) is 0 Å². The van der Waals surface area contributed by atoms with Gasteiger partial charge in [-0.3, -0.25) is 14.3 Å². The maximum Gasteiger partial charge on any atom is 0.274 e. The Bertz CT molecular complexity index is 853. The number of fused-ring (bicyclic) bond motifs is 1. The maximum absolute atomic E-state index is 13.3. The van der Waals surface area contributed by atoms with Gasteiger partial charge in [0, 0.05) is 28.4 Å². The minimum atomic E-state index is -0.710. The number of aromatic nitrogens is 2. The van der Waals surface area contributed by atoms with Gasteiger partial charge in [-0.1, -0.05) is 12.8 Å². The van der Waals surface area contributed by atoms with Crippen LogP contribution < -0.4 is 5.32 Å². The molecule has 1 atom stereocenters. The number of β-amino-alcohol motifs (C(OH)–C–C–N with tert-alkyl or cyclic N) is 1. The van der Waals surface area contributed by atoms with Gasteiger partial charge < -0.3 is 15.3 Å². The number of aryl methyl sites for hydroxylation is 1. The highest BCUT2D eigenvalue weighted by Crippen LogP contribution is 2.28. The third kappa shape index (κ3) is 3.77. The summed E-state index contributed by atoms with van der Waals surface area (Å²) in [5.41, 5.74) is 0.600. The molecule has 0 bridgehead atoms. The molecular formula is C19H24N4O3S. The number of amides is 2. The molecule has 2 aromatic rings. The van der Waals surface area contributed by atoms with Crippen molar-refractivity contribution < 1.29 is 14.7 Å². The summed E-state index contributed by atoms with van der Waals surface area (Å²) in [4.78, 5) is 29.8.